The van der Waals surface area contributed by atoms with Crippen LogP contribution in [0.15, 0.2) is 33.9 Å². The summed E-state index contributed by atoms with van der Waals surface area (Å²) < 4.78 is 12.7. The van der Waals surface area contributed by atoms with Crippen molar-refractivity contribution in [2.24, 2.45) is 0 Å². The van der Waals surface area contributed by atoms with E-state index in [1.807, 2.05) is 18.2 Å². The van der Waals surface area contributed by atoms with Gasteiger partial charge in [-0.15, -0.1) is 5.10 Å². The second kappa shape index (κ2) is 7.51. The molecular weight excluding hydrogens is 364 g/mol. The maximum atomic E-state index is 6.15. The zero-order valence-corrected chi connectivity index (χ0v) is 14.8. The molecular formula is C15H15ClN6O2S. The standard InChI is InChI=1S/C15H15ClN6O2S/c16-12-6-2-1-5-11(12)14-17-13(19-24-14)9-25-15-18-20-21-22(15)8-10-4-3-7-23-10/h1-2,5-6,10H,3-4,7-9H2. The van der Waals surface area contributed by atoms with Gasteiger partial charge >= 0.3 is 0 Å². The van der Waals surface area contributed by atoms with Crippen molar-refractivity contribution >= 4 is 23.4 Å². The summed E-state index contributed by atoms with van der Waals surface area (Å²) in [4.78, 5) is 4.39. The Hall–Kier alpha value is -1.97. The van der Waals surface area contributed by atoms with Gasteiger partial charge in [0.1, 0.15) is 0 Å². The third-order valence-corrected chi connectivity index (χ3v) is 5.09. The number of hydrogen-bond donors (Lipinski definition) is 0. The van der Waals surface area contributed by atoms with Crippen LogP contribution >= 0.6 is 23.4 Å². The predicted molar refractivity (Wildman–Crippen MR) is 91.1 cm³/mol. The predicted octanol–water partition coefficient (Wildman–Crippen LogP) is 2.85. The van der Waals surface area contributed by atoms with Gasteiger partial charge in [0.25, 0.3) is 5.89 Å². The van der Waals surface area contributed by atoms with Crippen molar-refractivity contribution < 1.29 is 9.26 Å². The summed E-state index contributed by atoms with van der Waals surface area (Å²) in [5.74, 6) is 1.46. The number of hydrogen-bond acceptors (Lipinski definition) is 8. The van der Waals surface area contributed by atoms with E-state index in [2.05, 4.69) is 25.7 Å². The van der Waals surface area contributed by atoms with Gasteiger partial charge in [-0.1, -0.05) is 40.7 Å². The van der Waals surface area contributed by atoms with Crippen molar-refractivity contribution in [3.8, 4) is 11.5 Å². The number of benzene rings is 1. The molecule has 25 heavy (non-hydrogen) atoms. The van der Waals surface area contributed by atoms with Crippen LogP contribution < -0.4 is 0 Å². The Labute approximate surface area is 152 Å². The maximum absolute atomic E-state index is 6.15. The van der Waals surface area contributed by atoms with Gasteiger partial charge in [-0.2, -0.15) is 4.98 Å². The third-order valence-electron chi connectivity index (χ3n) is 3.80. The molecule has 3 aromatic rings. The Bertz CT molecular complexity index is 848. The molecule has 0 radical (unpaired) electrons. The lowest BCUT2D eigenvalue weighted by Crippen LogP contribution is -2.16. The lowest BCUT2D eigenvalue weighted by atomic mass is 10.2. The molecule has 4 rings (SSSR count). The first-order valence-corrected chi connectivity index (χ1v) is 9.24. The molecule has 0 aliphatic carbocycles. The monoisotopic (exact) mass is 378 g/mol. The Morgan fingerprint density at radius 2 is 2.24 bits per heavy atom. The summed E-state index contributed by atoms with van der Waals surface area (Å²) in [6.07, 6.45) is 2.30. The SMILES string of the molecule is Clc1ccccc1-c1nc(CSc2nnnn2CC2CCCO2)no1. The highest BCUT2D eigenvalue weighted by Crippen LogP contribution is 2.27. The van der Waals surface area contributed by atoms with Crippen LogP contribution in [-0.4, -0.2) is 43.1 Å². The molecule has 10 heteroatoms. The van der Waals surface area contributed by atoms with E-state index in [1.165, 1.54) is 11.8 Å². The fourth-order valence-corrected chi connectivity index (χ4v) is 3.53. The highest BCUT2D eigenvalue weighted by molar-refractivity contribution is 7.98. The van der Waals surface area contributed by atoms with Crippen molar-refractivity contribution in [1.82, 2.24) is 30.3 Å². The number of nitrogens with zero attached hydrogens (tertiary/aromatic N) is 6. The molecule has 0 amide bonds. The van der Waals surface area contributed by atoms with Gasteiger partial charge in [0.15, 0.2) is 5.82 Å². The molecule has 1 saturated heterocycles. The van der Waals surface area contributed by atoms with Crippen LogP contribution in [0.4, 0.5) is 0 Å². The van der Waals surface area contributed by atoms with E-state index in [0.717, 1.165) is 25.0 Å². The fraction of sp³-hybridized carbons (Fsp3) is 0.400. The Morgan fingerprint density at radius 3 is 3.08 bits per heavy atom. The first-order valence-electron chi connectivity index (χ1n) is 7.87. The van der Waals surface area contributed by atoms with Crippen LogP contribution in [0.2, 0.25) is 5.02 Å². The second-order valence-electron chi connectivity index (χ2n) is 5.56. The Balaban J connectivity index is 1.41. The van der Waals surface area contributed by atoms with Crippen molar-refractivity contribution in [3.05, 3.63) is 35.1 Å². The molecule has 0 saturated carbocycles. The largest absolute Gasteiger partial charge is 0.376 e. The summed E-state index contributed by atoms with van der Waals surface area (Å²) in [5.41, 5.74) is 0.719. The van der Waals surface area contributed by atoms with Gasteiger partial charge in [-0.05, 0) is 35.4 Å². The molecule has 1 aliphatic heterocycles. The quantitative estimate of drug-likeness (QED) is 0.604. The van der Waals surface area contributed by atoms with Crippen molar-refractivity contribution in [2.75, 3.05) is 6.61 Å². The highest BCUT2D eigenvalue weighted by Gasteiger charge is 2.19. The van der Waals surface area contributed by atoms with Gasteiger partial charge < -0.3 is 9.26 Å². The minimum absolute atomic E-state index is 0.180. The topological polar surface area (TPSA) is 91.8 Å². The highest BCUT2D eigenvalue weighted by atomic mass is 35.5. The molecule has 3 heterocycles. The van der Waals surface area contributed by atoms with Crippen LogP contribution in [0.1, 0.15) is 18.7 Å². The number of thioether (sulfide) groups is 1. The minimum Gasteiger partial charge on any atom is -0.376 e. The van der Waals surface area contributed by atoms with Gasteiger partial charge in [0.2, 0.25) is 5.16 Å². The van der Waals surface area contributed by atoms with E-state index in [-0.39, 0.29) is 6.10 Å². The number of tetrazole rings is 1. The second-order valence-corrected chi connectivity index (χ2v) is 6.91. The molecule has 1 aromatic carbocycles. The molecule has 1 unspecified atom stereocenters. The Kier molecular flexibility index (Phi) is 4.95. The van der Waals surface area contributed by atoms with Crippen LogP contribution in [0.25, 0.3) is 11.5 Å². The first kappa shape index (κ1) is 16.5. The number of ether oxygens (including phenoxy) is 1. The summed E-state index contributed by atoms with van der Waals surface area (Å²) >= 11 is 7.61. The van der Waals surface area contributed by atoms with Crippen LogP contribution in [0.5, 0.6) is 0 Å². The number of halogens is 1. The summed E-state index contributed by atoms with van der Waals surface area (Å²) in [6.45, 7) is 1.47. The molecule has 130 valence electrons. The maximum Gasteiger partial charge on any atom is 0.259 e. The molecule has 1 atom stereocenters. The molecule has 1 aliphatic rings. The van der Waals surface area contributed by atoms with Crippen molar-refractivity contribution in [1.29, 1.82) is 0 Å². The lowest BCUT2D eigenvalue weighted by Gasteiger charge is -2.09. The molecule has 0 spiro atoms. The van der Waals surface area contributed by atoms with E-state index in [0.29, 0.717) is 34.2 Å². The Morgan fingerprint density at radius 1 is 1.32 bits per heavy atom. The molecule has 0 bridgehead atoms. The van der Waals surface area contributed by atoms with Gasteiger partial charge in [-0.25, -0.2) is 4.68 Å². The summed E-state index contributed by atoms with van der Waals surface area (Å²) in [7, 11) is 0. The average molecular weight is 379 g/mol. The van der Waals surface area contributed by atoms with E-state index in [1.54, 1.807) is 10.7 Å². The zero-order chi connectivity index (χ0) is 17.1. The lowest BCUT2D eigenvalue weighted by molar-refractivity contribution is 0.0912. The van der Waals surface area contributed by atoms with E-state index in [9.17, 15) is 0 Å². The van der Waals surface area contributed by atoms with Gasteiger partial charge in [0.05, 0.1) is 29.0 Å². The first-order chi connectivity index (χ1) is 12.3. The van der Waals surface area contributed by atoms with Crippen molar-refractivity contribution in [2.45, 2.75) is 36.4 Å². The van der Waals surface area contributed by atoms with Crippen molar-refractivity contribution in [3.63, 3.8) is 0 Å². The zero-order valence-electron chi connectivity index (χ0n) is 13.2. The minimum atomic E-state index is 0.180. The normalized spacial score (nSPS) is 17.2. The molecule has 8 nitrogen and oxygen atoms in total. The molecule has 0 N–H and O–H groups in total. The summed E-state index contributed by atoms with van der Waals surface area (Å²) in [5, 5.41) is 17.1. The van der Waals surface area contributed by atoms with Gasteiger partial charge in [-0.3, -0.25) is 0 Å². The van der Waals surface area contributed by atoms with Gasteiger partial charge in [0, 0.05) is 6.61 Å². The van der Waals surface area contributed by atoms with Crippen LogP contribution in [0, 0.1) is 0 Å². The number of aromatic nitrogens is 6. The smallest absolute Gasteiger partial charge is 0.259 e. The average Bonchev–Trinajstić information content (AvgIpc) is 3.36. The van der Waals surface area contributed by atoms with E-state index >= 15 is 0 Å². The van der Waals surface area contributed by atoms with Crippen LogP contribution in [0.3, 0.4) is 0 Å². The fourth-order valence-electron chi connectivity index (χ4n) is 2.58. The molecule has 1 fully saturated rings. The van der Waals surface area contributed by atoms with Crippen LogP contribution in [-0.2, 0) is 17.0 Å². The number of rotatable bonds is 6. The summed E-state index contributed by atoms with van der Waals surface area (Å²) in [6, 6.07) is 7.36. The van der Waals surface area contributed by atoms with E-state index < -0.39 is 0 Å². The van der Waals surface area contributed by atoms with E-state index in [4.69, 9.17) is 20.9 Å². The third kappa shape index (κ3) is 3.83. The molecule has 2 aromatic heterocycles.